The zero-order chi connectivity index (χ0) is 24.8. The second-order valence-corrected chi connectivity index (χ2v) is 8.93. The molecule has 0 radical (unpaired) electrons. The van der Waals surface area contributed by atoms with Crippen LogP contribution >= 0.6 is 23.2 Å². The van der Waals surface area contributed by atoms with Crippen molar-refractivity contribution in [1.82, 2.24) is 5.32 Å². The van der Waals surface area contributed by atoms with E-state index in [1.807, 2.05) is 49.4 Å². The largest absolute Gasteiger partial charge is 0.457 e. The first-order valence-electron chi connectivity index (χ1n) is 11.1. The molecule has 0 aliphatic carbocycles. The number of rotatable bonds is 8. The number of amides is 1. The summed E-state index contributed by atoms with van der Waals surface area (Å²) in [6, 6.07) is 25.6. The maximum Gasteiger partial charge on any atom is 0.255 e. The molecule has 176 valence electrons. The van der Waals surface area contributed by atoms with E-state index in [2.05, 4.69) is 5.32 Å². The van der Waals surface area contributed by atoms with E-state index in [1.165, 1.54) is 0 Å². The van der Waals surface area contributed by atoms with E-state index in [4.69, 9.17) is 27.6 Å². The van der Waals surface area contributed by atoms with Crippen LogP contribution in [0.15, 0.2) is 95.0 Å². The summed E-state index contributed by atoms with van der Waals surface area (Å²) in [5.74, 6) is 0.441. The van der Waals surface area contributed by atoms with Gasteiger partial charge in [0.2, 0.25) is 0 Å². The summed E-state index contributed by atoms with van der Waals surface area (Å²) in [6.45, 7) is 1.95. The third-order valence-corrected chi connectivity index (χ3v) is 6.20. The van der Waals surface area contributed by atoms with Crippen LogP contribution in [-0.4, -0.2) is 11.7 Å². The Kier molecular flexibility index (Phi) is 7.86. The number of hydrogen-bond donors (Lipinski definition) is 1. The number of ketones is 1. The zero-order valence-electron chi connectivity index (χ0n) is 19.1. The van der Waals surface area contributed by atoms with Crippen LogP contribution in [-0.2, 0) is 11.2 Å². The molecule has 3 aromatic carbocycles. The molecule has 1 aromatic heterocycles. The molecule has 0 bridgehead atoms. The van der Waals surface area contributed by atoms with Crippen molar-refractivity contribution in [3.63, 3.8) is 0 Å². The first-order chi connectivity index (χ1) is 16.9. The lowest BCUT2D eigenvalue weighted by atomic mass is 10.1. The zero-order valence-corrected chi connectivity index (χ0v) is 20.6. The summed E-state index contributed by atoms with van der Waals surface area (Å²) >= 11 is 12.1. The third kappa shape index (κ3) is 6.50. The van der Waals surface area contributed by atoms with E-state index in [0.29, 0.717) is 33.6 Å². The van der Waals surface area contributed by atoms with Crippen molar-refractivity contribution in [3.8, 4) is 11.3 Å². The molecule has 0 fully saturated rings. The number of furan rings is 1. The van der Waals surface area contributed by atoms with E-state index < -0.39 is 0 Å². The van der Waals surface area contributed by atoms with Gasteiger partial charge in [0.05, 0.1) is 15.7 Å². The molecule has 0 aliphatic heterocycles. The van der Waals surface area contributed by atoms with Gasteiger partial charge < -0.3 is 9.73 Å². The van der Waals surface area contributed by atoms with Crippen molar-refractivity contribution in [3.05, 3.63) is 123 Å². The number of hydrogen-bond acceptors (Lipinski definition) is 3. The summed E-state index contributed by atoms with van der Waals surface area (Å²) in [7, 11) is 0. The summed E-state index contributed by atoms with van der Waals surface area (Å²) in [6.07, 6.45) is 2.36. The van der Waals surface area contributed by atoms with Crippen molar-refractivity contribution in [1.29, 1.82) is 0 Å². The molecule has 35 heavy (non-hydrogen) atoms. The van der Waals surface area contributed by atoms with E-state index in [9.17, 15) is 9.59 Å². The topological polar surface area (TPSA) is 59.3 Å². The fourth-order valence-electron chi connectivity index (χ4n) is 3.50. The fourth-order valence-corrected chi connectivity index (χ4v) is 3.80. The standard InChI is InChI=1S/C29H23Cl2NO3/c1-19-7-10-21(11-8-19)29(34)32-26(27(33)15-9-20-5-3-2-4-6-20)18-23-13-16-28(35-23)22-12-14-24(30)25(31)17-22/h2-8,10-14,16-18H,9,15H2,1H3,(H,32,34)/b26-18+. The van der Waals surface area contributed by atoms with E-state index >= 15 is 0 Å². The van der Waals surface area contributed by atoms with Crippen LogP contribution in [0.1, 0.15) is 33.7 Å². The molecule has 0 unspecified atom stereocenters. The van der Waals surface area contributed by atoms with Crippen LogP contribution in [0.2, 0.25) is 10.0 Å². The number of benzene rings is 3. The Morgan fingerprint density at radius 2 is 1.63 bits per heavy atom. The average Bonchev–Trinajstić information content (AvgIpc) is 3.33. The normalized spacial score (nSPS) is 11.3. The lowest BCUT2D eigenvalue weighted by Crippen LogP contribution is -2.27. The minimum Gasteiger partial charge on any atom is -0.457 e. The van der Waals surface area contributed by atoms with Crippen LogP contribution in [0, 0.1) is 6.92 Å². The Bertz CT molecular complexity index is 1370. The van der Waals surface area contributed by atoms with Crippen LogP contribution in [0.4, 0.5) is 0 Å². The van der Waals surface area contributed by atoms with E-state index in [-0.39, 0.29) is 23.8 Å². The number of halogens is 2. The number of carbonyl (C=O) groups is 2. The molecule has 6 heteroatoms. The van der Waals surface area contributed by atoms with Gasteiger partial charge in [-0.2, -0.15) is 0 Å². The van der Waals surface area contributed by atoms with Gasteiger partial charge >= 0.3 is 0 Å². The number of carbonyl (C=O) groups excluding carboxylic acids is 2. The molecule has 1 heterocycles. The van der Waals surface area contributed by atoms with Crippen molar-refractivity contribution in [2.45, 2.75) is 19.8 Å². The second-order valence-electron chi connectivity index (χ2n) is 8.12. The van der Waals surface area contributed by atoms with E-state index in [0.717, 1.165) is 16.7 Å². The van der Waals surface area contributed by atoms with Gasteiger partial charge in [-0.25, -0.2) is 0 Å². The highest BCUT2D eigenvalue weighted by Crippen LogP contribution is 2.30. The molecule has 1 amide bonds. The average molecular weight is 504 g/mol. The Morgan fingerprint density at radius 1 is 0.886 bits per heavy atom. The maximum atomic E-state index is 13.1. The summed E-state index contributed by atoms with van der Waals surface area (Å²) in [5.41, 5.74) is 3.47. The number of aryl methyl sites for hydroxylation is 2. The molecule has 4 aromatic rings. The monoisotopic (exact) mass is 503 g/mol. The molecular weight excluding hydrogens is 481 g/mol. The van der Waals surface area contributed by atoms with Gasteiger partial charge in [0.1, 0.15) is 11.5 Å². The van der Waals surface area contributed by atoms with Gasteiger partial charge in [-0.05, 0) is 61.4 Å². The minimum atomic E-state index is -0.361. The second kappa shape index (κ2) is 11.2. The molecule has 0 atom stereocenters. The maximum absolute atomic E-state index is 13.1. The lowest BCUT2D eigenvalue weighted by molar-refractivity contribution is -0.115. The van der Waals surface area contributed by atoms with Crippen molar-refractivity contribution in [2.75, 3.05) is 0 Å². The summed E-state index contributed by atoms with van der Waals surface area (Å²) in [4.78, 5) is 26.0. The molecule has 4 rings (SSSR count). The number of nitrogens with one attached hydrogen (secondary N) is 1. The molecular formula is C29H23Cl2NO3. The highest BCUT2D eigenvalue weighted by atomic mass is 35.5. The molecule has 1 N–H and O–H groups in total. The molecule has 4 nitrogen and oxygen atoms in total. The highest BCUT2D eigenvalue weighted by molar-refractivity contribution is 6.42. The third-order valence-electron chi connectivity index (χ3n) is 5.46. The van der Waals surface area contributed by atoms with Gasteiger partial charge in [0, 0.05) is 23.6 Å². The van der Waals surface area contributed by atoms with Crippen molar-refractivity contribution >= 4 is 41.0 Å². The number of allylic oxidation sites excluding steroid dienone is 1. The van der Waals surface area contributed by atoms with Crippen LogP contribution < -0.4 is 5.32 Å². The smallest absolute Gasteiger partial charge is 0.255 e. The first kappa shape index (κ1) is 24.5. The van der Waals surface area contributed by atoms with Gasteiger partial charge in [0.25, 0.3) is 5.91 Å². The highest BCUT2D eigenvalue weighted by Gasteiger charge is 2.16. The molecule has 0 spiro atoms. The summed E-state index contributed by atoms with van der Waals surface area (Å²) in [5, 5.41) is 3.64. The Balaban J connectivity index is 1.59. The molecule has 0 aliphatic rings. The van der Waals surface area contributed by atoms with Gasteiger partial charge in [-0.3, -0.25) is 9.59 Å². The Hall–Kier alpha value is -3.60. The Labute approximate surface area is 214 Å². The SMILES string of the molecule is Cc1ccc(C(=O)N/C(=C/c2ccc(-c3ccc(Cl)c(Cl)c3)o2)C(=O)CCc2ccccc2)cc1. The van der Waals surface area contributed by atoms with Crippen molar-refractivity contribution in [2.24, 2.45) is 0 Å². The minimum absolute atomic E-state index is 0.168. The van der Waals surface area contributed by atoms with Gasteiger partial charge in [0.15, 0.2) is 5.78 Å². The first-order valence-corrected chi connectivity index (χ1v) is 11.9. The lowest BCUT2D eigenvalue weighted by Gasteiger charge is -2.10. The van der Waals surface area contributed by atoms with Gasteiger partial charge in [-0.1, -0.05) is 71.2 Å². The Morgan fingerprint density at radius 3 is 2.34 bits per heavy atom. The van der Waals surface area contributed by atoms with Crippen molar-refractivity contribution < 1.29 is 14.0 Å². The predicted octanol–water partition coefficient (Wildman–Crippen LogP) is 7.53. The van der Waals surface area contributed by atoms with Crippen LogP contribution in [0.3, 0.4) is 0 Å². The van der Waals surface area contributed by atoms with E-state index in [1.54, 1.807) is 48.5 Å². The molecule has 0 saturated heterocycles. The quantitative estimate of drug-likeness (QED) is 0.252. The predicted molar refractivity (Wildman–Crippen MR) is 141 cm³/mol. The molecule has 0 saturated carbocycles. The fraction of sp³-hybridized carbons (Fsp3) is 0.103. The van der Waals surface area contributed by atoms with Crippen LogP contribution in [0.25, 0.3) is 17.4 Å². The van der Waals surface area contributed by atoms with Crippen LogP contribution in [0.5, 0.6) is 0 Å². The number of Topliss-reactive ketones (excluding diaryl/α,β-unsaturated/α-hetero) is 1. The summed E-state index contributed by atoms with van der Waals surface area (Å²) < 4.78 is 5.93. The van der Waals surface area contributed by atoms with Gasteiger partial charge in [-0.15, -0.1) is 0 Å².